The van der Waals surface area contributed by atoms with Gasteiger partial charge in [0.25, 0.3) is 0 Å². The topological polar surface area (TPSA) is 45.4 Å². The molecule has 6 heteroatoms. The normalized spacial score (nSPS) is 15.7. The second-order valence-electron chi connectivity index (χ2n) is 4.74. The van der Waals surface area contributed by atoms with Gasteiger partial charge in [-0.05, 0) is 12.1 Å². The van der Waals surface area contributed by atoms with Crippen LogP contribution in [-0.2, 0) is 6.54 Å². The summed E-state index contributed by atoms with van der Waals surface area (Å²) in [6.45, 7) is 4.41. The number of nitrogens with two attached hydrogens (primary N) is 1. The maximum atomic E-state index is 6.25. The SMILES string of the molecule is NCc1cnc(N2CCN(c3ccccc3Cl)CC2)s1. The van der Waals surface area contributed by atoms with Crippen LogP contribution in [0.1, 0.15) is 4.88 Å². The lowest BCUT2D eigenvalue weighted by molar-refractivity contribution is 0.652. The monoisotopic (exact) mass is 308 g/mol. The lowest BCUT2D eigenvalue weighted by atomic mass is 10.2. The third-order valence-electron chi connectivity index (χ3n) is 3.49. The van der Waals surface area contributed by atoms with Crippen LogP contribution in [0.5, 0.6) is 0 Å². The summed E-state index contributed by atoms with van der Waals surface area (Å²) in [5, 5.41) is 1.89. The molecule has 2 heterocycles. The van der Waals surface area contributed by atoms with Gasteiger partial charge in [-0.3, -0.25) is 0 Å². The van der Waals surface area contributed by atoms with Crippen molar-refractivity contribution in [2.75, 3.05) is 36.0 Å². The Labute approximate surface area is 127 Å². The summed E-state index contributed by atoms with van der Waals surface area (Å²) in [5.41, 5.74) is 6.76. The molecule has 106 valence electrons. The molecule has 1 aromatic carbocycles. The van der Waals surface area contributed by atoms with Crippen molar-refractivity contribution in [1.82, 2.24) is 4.98 Å². The van der Waals surface area contributed by atoms with Gasteiger partial charge in [0.1, 0.15) is 0 Å². The standard InChI is InChI=1S/C14H17ClN4S/c15-12-3-1-2-4-13(12)18-5-7-19(8-6-18)14-17-10-11(9-16)20-14/h1-4,10H,5-9,16H2. The average Bonchev–Trinajstić information content (AvgIpc) is 2.97. The van der Waals surface area contributed by atoms with Gasteiger partial charge in [0.15, 0.2) is 5.13 Å². The number of aromatic nitrogens is 1. The largest absolute Gasteiger partial charge is 0.367 e. The van der Waals surface area contributed by atoms with Crippen molar-refractivity contribution in [3.8, 4) is 0 Å². The fourth-order valence-corrected chi connectivity index (χ4v) is 3.48. The van der Waals surface area contributed by atoms with Crippen molar-refractivity contribution in [1.29, 1.82) is 0 Å². The summed E-state index contributed by atoms with van der Waals surface area (Å²) < 4.78 is 0. The first-order valence-electron chi connectivity index (χ1n) is 6.67. The lowest BCUT2D eigenvalue weighted by Gasteiger charge is -2.36. The van der Waals surface area contributed by atoms with Gasteiger partial charge in [-0.1, -0.05) is 23.7 Å². The second kappa shape index (κ2) is 5.99. The third-order valence-corrected chi connectivity index (χ3v) is 4.89. The first-order chi connectivity index (χ1) is 9.78. The summed E-state index contributed by atoms with van der Waals surface area (Å²) in [6, 6.07) is 8.01. The molecule has 1 aliphatic heterocycles. The van der Waals surface area contributed by atoms with Crippen molar-refractivity contribution in [3.63, 3.8) is 0 Å². The molecule has 1 saturated heterocycles. The Morgan fingerprint density at radius 3 is 2.50 bits per heavy atom. The van der Waals surface area contributed by atoms with E-state index < -0.39 is 0 Å². The van der Waals surface area contributed by atoms with Gasteiger partial charge in [0.2, 0.25) is 0 Å². The first-order valence-corrected chi connectivity index (χ1v) is 7.86. The van der Waals surface area contributed by atoms with E-state index in [1.807, 2.05) is 24.4 Å². The van der Waals surface area contributed by atoms with E-state index in [1.165, 1.54) is 0 Å². The molecule has 0 atom stereocenters. The van der Waals surface area contributed by atoms with Gasteiger partial charge in [0.05, 0.1) is 10.7 Å². The Balaban J connectivity index is 1.66. The summed E-state index contributed by atoms with van der Waals surface area (Å²) in [6.07, 6.45) is 1.88. The second-order valence-corrected chi connectivity index (χ2v) is 6.24. The molecule has 1 fully saturated rings. The zero-order valence-electron chi connectivity index (χ0n) is 11.1. The highest BCUT2D eigenvalue weighted by molar-refractivity contribution is 7.15. The fourth-order valence-electron chi connectivity index (χ4n) is 2.38. The van der Waals surface area contributed by atoms with Gasteiger partial charge in [-0.2, -0.15) is 0 Å². The molecule has 0 amide bonds. The van der Waals surface area contributed by atoms with E-state index in [-0.39, 0.29) is 0 Å². The number of piperazine rings is 1. The van der Waals surface area contributed by atoms with Gasteiger partial charge in [-0.25, -0.2) is 4.98 Å². The van der Waals surface area contributed by atoms with E-state index >= 15 is 0 Å². The van der Waals surface area contributed by atoms with Gasteiger partial charge in [-0.15, -0.1) is 11.3 Å². The molecule has 3 rings (SSSR count). The van der Waals surface area contributed by atoms with Gasteiger partial charge < -0.3 is 15.5 Å². The van der Waals surface area contributed by atoms with Crippen LogP contribution >= 0.6 is 22.9 Å². The predicted octanol–water partition coefficient (Wildman–Crippen LogP) is 2.58. The van der Waals surface area contributed by atoms with Crippen molar-refractivity contribution in [3.05, 3.63) is 40.4 Å². The molecule has 0 bridgehead atoms. The molecule has 0 spiro atoms. The highest BCUT2D eigenvalue weighted by atomic mass is 35.5. The molecule has 0 aliphatic carbocycles. The van der Waals surface area contributed by atoms with Crippen molar-refractivity contribution < 1.29 is 0 Å². The number of anilines is 2. The van der Waals surface area contributed by atoms with Crippen LogP contribution in [0.15, 0.2) is 30.5 Å². The molecule has 0 saturated carbocycles. The van der Waals surface area contributed by atoms with E-state index in [9.17, 15) is 0 Å². The maximum Gasteiger partial charge on any atom is 0.185 e. The number of hydrogen-bond acceptors (Lipinski definition) is 5. The Kier molecular flexibility index (Phi) is 4.10. The molecule has 4 nitrogen and oxygen atoms in total. The number of rotatable bonds is 3. The predicted molar refractivity (Wildman–Crippen MR) is 85.9 cm³/mol. The number of benzene rings is 1. The molecular formula is C14H17ClN4S. The van der Waals surface area contributed by atoms with E-state index in [4.69, 9.17) is 17.3 Å². The minimum atomic E-state index is 0.567. The number of para-hydroxylation sites is 1. The Morgan fingerprint density at radius 2 is 1.85 bits per heavy atom. The third kappa shape index (κ3) is 2.75. The number of nitrogens with zero attached hydrogens (tertiary/aromatic N) is 3. The highest BCUT2D eigenvalue weighted by Crippen LogP contribution is 2.28. The Bertz CT molecular complexity index is 578. The van der Waals surface area contributed by atoms with Gasteiger partial charge in [0, 0.05) is 43.8 Å². The van der Waals surface area contributed by atoms with Crippen LogP contribution in [0.4, 0.5) is 10.8 Å². The van der Waals surface area contributed by atoms with Crippen LogP contribution in [0, 0.1) is 0 Å². The molecule has 1 aromatic heterocycles. The van der Waals surface area contributed by atoms with E-state index in [0.29, 0.717) is 6.54 Å². The van der Waals surface area contributed by atoms with Crippen molar-refractivity contribution in [2.45, 2.75) is 6.54 Å². The quantitative estimate of drug-likeness (QED) is 0.946. The summed E-state index contributed by atoms with van der Waals surface area (Å²) >= 11 is 7.94. The fraction of sp³-hybridized carbons (Fsp3) is 0.357. The molecule has 2 N–H and O–H groups in total. The minimum absolute atomic E-state index is 0.567. The van der Waals surface area contributed by atoms with Crippen LogP contribution in [0.2, 0.25) is 5.02 Å². The van der Waals surface area contributed by atoms with Gasteiger partial charge >= 0.3 is 0 Å². The summed E-state index contributed by atoms with van der Waals surface area (Å²) in [5.74, 6) is 0. The van der Waals surface area contributed by atoms with Crippen LogP contribution < -0.4 is 15.5 Å². The van der Waals surface area contributed by atoms with E-state index in [2.05, 4.69) is 20.9 Å². The minimum Gasteiger partial charge on any atom is -0.367 e. The number of halogens is 1. The summed E-state index contributed by atoms with van der Waals surface area (Å²) in [4.78, 5) is 10.2. The smallest absolute Gasteiger partial charge is 0.185 e. The van der Waals surface area contributed by atoms with E-state index in [0.717, 1.165) is 46.9 Å². The Hall–Kier alpha value is -1.30. The zero-order valence-corrected chi connectivity index (χ0v) is 12.7. The zero-order chi connectivity index (χ0) is 13.9. The Morgan fingerprint density at radius 1 is 1.15 bits per heavy atom. The maximum absolute atomic E-state index is 6.25. The van der Waals surface area contributed by atoms with Crippen LogP contribution in [0.25, 0.3) is 0 Å². The van der Waals surface area contributed by atoms with Crippen LogP contribution in [0.3, 0.4) is 0 Å². The molecule has 20 heavy (non-hydrogen) atoms. The molecular weight excluding hydrogens is 292 g/mol. The molecule has 1 aliphatic rings. The lowest BCUT2D eigenvalue weighted by Crippen LogP contribution is -2.46. The van der Waals surface area contributed by atoms with Crippen molar-refractivity contribution >= 4 is 33.8 Å². The first kappa shape index (κ1) is 13.7. The summed E-state index contributed by atoms with van der Waals surface area (Å²) in [7, 11) is 0. The van der Waals surface area contributed by atoms with Crippen LogP contribution in [-0.4, -0.2) is 31.2 Å². The number of hydrogen-bond donors (Lipinski definition) is 1. The molecule has 0 radical (unpaired) electrons. The average molecular weight is 309 g/mol. The number of thiazole rings is 1. The van der Waals surface area contributed by atoms with Crippen molar-refractivity contribution in [2.24, 2.45) is 5.73 Å². The molecule has 0 unspecified atom stereocenters. The highest BCUT2D eigenvalue weighted by Gasteiger charge is 2.20. The molecule has 2 aromatic rings. The van der Waals surface area contributed by atoms with E-state index in [1.54, 1.807) is 11.3 Å².